The number of H-pyrrole nitrogens is 1. The number of rotatable bonds is 3. The van der Waals surface area contributed by atoms with Crippen molar-refractivity contribution in [1.29, 1.82) is 0 Å². The molecule has 1 aromatic heterocycles. The van der Waals surface area contributed by atoms with Gasteiger partial charge >= 0.3 is 0 Å². The highest BCUT2D eigenvalue weighted by molar-refractivity contribution is 7.88. The van der Waals surface area contributed by atoms with Gasteiger partial charge in [0.1, 0.15) is 0 Å². The van der Waals surface area contributed by atoms with Crippen molar-refractivity contribution in [3.63, 3.8) is 0 Å². The molecule has 0 saturated carbocycles. The Bertz CT molecular complexity index is 932. The van der Waals surface area contributed by atoms with Gasteiger partial charge in [-0.3, -0.25) is 0 Å². The topological polar surface area (TPSA) is 68.9 Å². The third-order valence-electron chi connectivity index (χ3n) is 5.57. The van der Waals surface area contributed by atoms with E-state index in [1.807, 2.05) is 20.0 Å². The Morgan fingerprint density at radius 1 is 1.07 bits per heavy atom. The first-order chi connectivity index (χ1) is 12.8. The van der Waals surface area contributed by atoms with E-state index in [0.717, 1.165) is 37.5 Å². The molecule has 0 atom stereocenters. The Morgan fingerprint density at radius 2 is 1.81 bits per heavy atom. The largest absolute Gasteiger partial charge is 0.378 e. The summed E-state index contributed by atoms with van der Waals surface area (Å²) in [7, 11) is -3.22. The van der Waals surface area contributed by atoms with Gasteiger partial charge in [-0.15, -0.1) is 0 Å². The number of piperazine rings is 1. The minimum Gasteiger partial charge on any atom is -0.378 e. The van der Waals surface area contributed by atoms with E-state index in [2.05, 4.69) is 33.0 Å². The number of nitrogens with one attached hydrogen (secondary N) is 1. The first kappa shape index (κ1) is 18.6. The summed E-state index contributed by atoms with van der Waals surface area (Å²) < 4.78 is 31.4. The normalized spacial score (nSPS) is 21.7. The van der Waals surface area contributed by atoms with E-state index in [1.165, 1.54) is 17.3 Å². The maximum atomic E-state index is 12.2. The third kappa shape index (κ3) is 3.53. The molecule has 0 aliphatic carbocycles. The smallest absolute Gasteiger partial charge is 0.211 e. The lowest BCUT2D eigenvalue weighted by atomic mass is 10.0. The van der Waals surface area contributed by atoms with Crippen molar-refractivity contribution < 1.29 is 13.2 Å². The standard InChI is InChI=1S/C19H28N4O3S/c1-19(2)14-22(6-7-23(19)27(3,24)25)18-13-15(21-8-10-26-11-9-21)12-17-16(18)4-5-20-17/h4-5,12-13,20H,6-11,14H2,1-3H3. The Morgan fingerprint density at radius 3 is 2.48 bits per heavy atom. The predicted octanol–water partition coefficient (Wildman–Crippen LogP) is 1.86. The number of hydrogen-bond donors (Lipinski definition) is 1. The van der Waals surface area contributed by atoms with Crippen LogP contribution >= 0.6 is 0 Å². The lowest BCUT2D eigenvalue weighted by Crippen LogP contribution is -2.60. The first-order valence-electron chi connectivity index (χ1n) is 9.42. The van der Waals surface area contributed by atoms with Crippen LogP contribution in [0.1, 0.15) is 13.8 Å². The molecule has 0 bridgehead atoms. The molecule has 2 fully saturated rings. The number of nitrogens with zero attached hydrogens (tertiary/aromatic N) is 3. The van der Waals surface area contributed by atoms with Gasteiger partial charge in [0.05, 0.1) is 19.5 Å². The molecule has 3 heterocycles. The predicted molar refractivity (Wildman–Crippen MR) is 109 cm³/mol. The lowest BCUT2D eigenvalue weighted by Gasteiger charge is -2.46. The molecule has 148 valence electrons. The number of sulfonamides is 1. The highest BCUT2D eigenvalue weighted by Gasteiger charge is 2.39. The van der Waals surface area contributed by atoms with Crippen molar-refractivity contribution in [2.45, 2.75) is 19.4 Å². The van der Waals surface area contributed by atoms with E-state index in [1.54, 1.807) is 4.31 Å². The van der Waals surface area contributed by atoms with Gasteiger partial charge in [0, 0.05) is 66.7 Å². The quantitative estimate of drug-likeness (QED) is 0.864. The summed E-state index contributed by atoms with van der Waals surface area (Å²) in [6.07, 6.45) is 3.27. The van der Waals surface area contributed by atoms with Crippen LogP contribution in [0.2, 0.25) is 0 Å². The van der Waals surface area contributed by atoms with E-state index in [0.29, 0.717) is 19.6 Å². The van der Waals surface area contributed by atoms with E-state index >= 15 is 0 Å². The first-order valence-corrected chi connectivity index (χ1v) is 11.3. The zero-order valence-electron chi connectivity index (χ0n) is 16.2. The molecular formula is C19H28N4O3S. The molecule has 0 spiro atoms. The van der Waals surface area contributed by atoms with Crippen LogP contribution in [0.5, 0.6) is 0 Å². The monoisotopic (exact) mass is 392 g/mol. The third-order valence-corrected chi connectivity index (χ3v) is 7.05. The maximum absolute atomic E-state index is 12.2. The lowest BCUT2D eigenvalue weighted by molar-refractivity contribution is 0.122. The second-order valence-electron chi connectivity index (χ2n) is 8.07. The molecule has 1 N–H and O–H groups in total. The second-order valence-corrected chi connectivity index (χ2v) is 9.98. The molecule has 4 rings (SSSR count). The van der Waals surface area contributed by atoms with Crippen LogP contribution in [0.15, 0.2) is 24.4 Å². The molecule has 2 aliphatic rings. The highest BCUT2D eigenvalue weighted by atomic mass is 32.2. The fourth-order valence-corrected chi connectivity index (χ4v) is 5.73. The Kier molecular flexibility index (Phi) is 4.60. The summed E-state index contributed by atoms with van der Waals surface area (Å²) in [5, 5.41) is 1.18. The minimum absolute atomic E-state index is 0.455. The number of aromatic nitrogens is 1. The van der Waals surface area contributed by atoms with Crippen molar-refractivity contribution in [1.82, 2.24) is 9.29 Å². The Hall–Kier alpha value is -1.77. The number of morpholine rings is 1. The maximum Gasteiger partial charge on any atom is 0.211 e. The zero-order valence-corrected chi connectivity index (χ0v) is 17.1. The van der Waals surface area contributed by atoms with Crippen LogP contribution < -0.4 is 9.80 Å². The highest BCUT2D eigenvalue weighted by Crippen LogP contribution is 2.35. The summed E-state index contributed by atoms with van der Waals surface area (Å²) in [6.45, 7) is 9.12. The number of benzene rings is 1. The van der Waals surface area contributed by atoms with Gasteiger partial charge in [-0.05, 0) is 32.0 Å². The van der Waals surface area contributed by atoms with Gasteiger partial charge in [0.2, 0.25) is 10.0 Å². The Labute approximate surface area is 160 Å². The summed E-state index contributed by atoms with van der Waals surface area (Å²) in [6, 6.07) is 6.54. The second kappa shape index (κ2) is 6.68. The average Bonchev–Trinajstić information content (AvgIpc) is 3.08. The number of aromatic amines is 1. The molecule has 7 nitrogen and oxygen atoms in total. The van der Waals surface area contributed by atoms with E-state index in [-0.39, 0.29) is 0 Å². The van der Waals surface area contributed by atoms with Gasteiger partial charge in [-0.25, -0.2) is 8.42 Å². The van der Waals surface area contributed by atoms with Gasteiger partial charge in [-0.1, -0.05) is 0 Å². The molecule has 27 heavy (non-hydrogen) atoms. The molecule has 0 radical (unpaired) electrons. The zero-order chi connectivity index (χ0) is 19.2. The fourth-order valence-electron chi connectivity index (χ4n) is 4.36. The summed E-state index contributed by atoms with van der Waals surface area (Å²) in [5.74, 6) is 0. The Balaban J connectivity index is 1.70. The number of hydrogen-bond acceptors (Lipinski definition) is 5. The molecular weight excluding hydrogens is 364 g/mol. The molecule has 8 heteroatoms. The van der Waals surface area contributed by atoms with Crippen LogP contribution in [-0.2, 0) is 14.8 Å². The van der Waals surface area contributed by atoms with E-state index in [9.17, 15) is 8.42 Å². The van der Waals surface area contributed by atoms with Gasteiger partial charge in [-0.2, -0.15) is 4.31 Å². The van der Waals surface area contributed by atoms with Gasteiger partial charge in [0.15, 0.2) is 0 Å². The van der Waals surface area contributed by atoms with Crippen LogP contribution in [0, 0.1) is 0 Å². The van der Waals surface area contributed by atoms with Gasteiger partial charge < -0.3 is 19.5 Å². The average molecular weight is 393 g/mol. The summed E-state index contributed by atoms with van der Waals surface area (Å²) in [4.78, 5) is 8.01. The van der Waals surface area contributed by atoms with Crippen molar-refractivity contribution >= 4 is 32.3 Å². The van der Waals surface area contributed by atoms with Crippen LogP contribution in [0.4, 0.5) is 11.4 Å². The van der Waals surface area contributed by atoms with Crippen molar-refractivity contribution in [3.8, 4) is 0 Å². The van der Waals surface area contributed by atoms with Crippen molar-refractivity contribution in [2.24, 2.45) is 0 Å². The summed E-state index contributed by atoms with van der Waals surface area (Å²) >= 11 is 0. The van der Waals surface area contributed by atoms with Crippen LogP contribution in [-0.4, -0.2) is 75.4 Å². The van der Waals surface area contributed by atoms with Crippen LogP contribution in [0.3, 0.4) is 0 Å². The molecule has 2 saturated heterocycles. The van der Waals surface area contributed by atoms with E-state index < -0.39 is 15.6 Å². The molecule has 0 amide bonds. The fraction of sp³-hybridized carbons (Fsp3) is 0.579. The molecule has 2 aliphatic heterocycles. The number of fused-ring (bicyclic) bond motifs is 1. The number of anilines is 2. The van der Waals surface area contributed by atoms with Crippen LogP contribution in [0.25, 0.3) is 10.9 Å². The summed E-state index contributed by atoms with van der Waals surface area (Å²) in [5.41, 5.74) is 3.00. The SMILES string of the molecule is CC1(C)CN(c2cc(N3CCOCC3)cc3[nH]ccc23)CCN1S(C)(=O)=O. The molecule has 2 aromatic rings. The number of ether oxygens (including phenoxy) is 1. The van der Waals surface area contributed by atoms with E-state index in [4.69, 9.17) is 4.74 Å². The minimum atomic E-state index is -3.22. The van der Waals surface area contributed by atoms with Gasteiger partial charge in [0.25, 0.3) is 0 Å². The molecule has 0 unspecified atom stereocenters. The van der Waals surface area contributed by atoms with Crippen molar-refractivity contribution in [3.05, 3.63) is 24.4 Å². The molecule has 1 aromatic carbocycles. The van der Waals surface area contributed by atoms with Crippen molar-refractivity contribution in [2.75, 3.05) is 62.0 Å².